The molecule has 0 spiro atoms. The van der Waals surface area contributed by atoms with Gasteiger partial charge in [-0.1, -0.05) is 60.2 Å². The van der Waals surface area contributed by atoms with Crippen LogP contribution in [0.3, 0.4) is 0 Å². The summed E-state index contributed by atoms with van der Waals surface area (Å²) in [6.45, 7) is 2.91. The van der Waals surface area contributed by atoms with Crippen LogP contribution in [-0.4, -0.2) is 30.2 Å². The maximum Gasteiger partial charge on any atom is 0.0791 e. The summed E-state index contributed by atoms with van der Waals surface area (Å²) in [5.74, 6) is 0.426. The van der Waals surface area contributed by atoms with E-state index in [0.717, 1.165) is 16.0 Å². The number of nitrogens with zero attached hydrogens (tertiary/aromatic N) is 1. The first kappa shape index (κ1) is 17.4. The lowest BCUT2D eigenvalue weighted by Gasteiger charge is -2.11. The summed E-state index contributed by atoms with van der Waals surface area (Å²) in [5.41, 5.74) is 2.16. The Morgan fingerprint density at radius 2 is 1.70 bits per heavy atom. The maximum atomic E-state index is 13.4. The van der Waals surface area contributed by atoms with Gasteiger partial charge in [-0.15, -0.1) is 0 Å². The molecule has 0 aromatic heterocycles. The fourth-order valence-corrected chi connectivity index (χ4v) is 4.36. The van der Waals surface area contributed by atoms with Crippen molar-refractivity contribution in [1.29, 1.82) is 0 Å². The van der Waals surface area contributed by atoms with E-state index < -0.39 is 9.73 Å². The van der Waals surface area contributed by atoms with Crippen LogP contribution >= 0.6 is 0 Å². The molecule has 2 rings (SSSR count). The van der Waals surface area contributed by atoms with E-state index in [1.54, 1.807) is 7.11 Å². The zero-order valence-corrected chi connectivity index (χ0v) is 14.5. The first-order chi connectivity index (χ1) is 11.1. The Kier molecular flexibility index (Phi) is 6.56. The molecule has 3 nitrogen and oxygen atoms in total. The molecule has 0 aliphatic carbocycles. The molecule has 0 saturated carbocycles. The van der Waals surface area contributed by atoms with E-state index in [4.69, 9.17) is 4.74 Å². The molecule has 0 unspecified atom stereocenters. The van der Waals surface area contributed by atoms with Crippen molar-refractivity contribution in [1.82, 2.24) is 0 Å². The highest BCUT2D eigenvalue weighted by atomic mass is 32.2. The molecule has 1 atom stereocenters. The van der Waals surface area contributed by atoms with Crippen LogP contribution in [0.1, 0.15) is 12.5 Å². The Bertz CT molecular complexity index is 745. The topological polar surface area (TPSA) is 38.7 Å². The van der Waals surface area contributed by atoms with Gasteiger partial charge in [0.2, 0.25) is 0 Å². The van der Waals surface area contributed by atoms with Crippen LogP contribution in [0.25, 0.3) is 6.08 Å². The smallest absolute Gasteiger partial charge is 0.0791 e. The van der Waals surface area contributed by atoms with E-state index in [-0.39, 0.29) is 0 Å². The number of hydrogen-bond acceptors (Lipinski definition) is 3. The fraction of sp³-hybridized carbons (Fsp3) is 0.263. The summed E-state index contributed by atoms with van der Waals surface area (Å²) in [6, 6.07) is 19.5. The van der Waals surface area contributed by atoms with E-state index in [0.29, 0.717) is 18.9 Å². The first-order valence-electron chi connectivity index (χ1n) is 7.61. The second-order valence-electron chi connectivity index (χ2n) is 5.34. The number of methoxy groups -OCH3 is 1. The molecule has 0 radical (unpaired) electrons. The Morgan fingerprint density at radius 3 is 2.30 bits per heavy atom. The van der Waals surface area contributed by atoms with Crippen LogP contribution in [0.15, 0.2) is 75.5 Å². The molecule has 0 saturated heterocycles. The molecule has 0 amide bonds. The highest BCUT2D eigenvalue weighted by molar-refractivity contribution is 7.93. The third kappa shape index (κ3) is 5.34. The molecule has 0 aliphatic heterocycles. The molecule has 23 heavy (non-hydrogen) atoms. The first-order valence-corrected chi connectivity index (χ1v) is 9.29. The molecule has 2 aromatic carbocycles. The third-order valence-electron chi connectivity index (χ3n) is 3.34. The van der Waals surface area contributed by atoms with E-state index in [2.05, 4.69) is 10.4 Å². The Balaban J connectivity index is 2.30. The zero-order valence-electron chi connectivity index (χ0n) is 13.6. The minimum Gasteiger partial charge on any atom is -0.383 e. The molecule has 2 aromatic rings. The monoisotopic (exact) mass is 329 g/mol. The van der Waals surface area contributed by atoms with Crippen molar-refractivity contribution in [3.05, 3.63) is 71.8 Å². The van der Waals surface area contributed by atoms with Gasteiger partial charge in [0.15, 0.2) is 0 Å². The number of benzene rings is 2. The third-order valence-corrected chi connectivity index (χ3v) is 5.80. The van der Waals surface area contributed by atoms with Crippen LogP contribution in [0, 0.1) is 0 Å². The summed E-state index contributed by atoms with van der Waals surface area (Å²) >= 11 is 0. The Morgan fingerprint density at radius 1 is 1.09 bits per heavy atom. The highest BCUT2D eigenvalue weighted by Crippen LogP contribution is 2.18. The summed E-state index contributed by atoms with van der Waals surface area (Å²) in [5, 5.41) is 0. The SMILES string of the molecule is COCCN=[S@](=O)(C/C(C)=C/c1ccccc1)c1ccccc1. The van der Waals surface area contributed by atoms with E-state index in [1.807, 2.05) is 67.6 Å². The van der Waals surface area contributed by atoms with Crippen LogP contribution in [0.2, 0.25) is 0 Å². The van der Waals surface area contributed by atoms with E-state index in [9.17, 15) is 4.21 Å². The van der Waals surface area contributed by atoms with Crippen molar-refractivity contribution in [2.45, 2.75) is 11.8 Å². The predicted octanol–water partition coefficient (Wildman–Crippen LogP) is 4.26. The molecule has 0 fully saturated rings. The zero-order chi connectivity index (χ0) is 16.5. The van der Waals surface area contributed by atoms with Crippen molar-refractivity contribution in [2.75, 3.05) is 26.0 Å². The standard InChI is InChI=1S/C19H23NO2S/c1-17(15-18-9-5-3-6-10-18)16-23(21,20-13-14-22-2)19-11-7-4-8-12-19/h3-12,15H,13-14,16H2,1-2H3/b17-15+/t23-/m0/s1. The van der Waals surface area contributed by atoms with Gasteiger partial charge in [-0.3, -0.25) is 0 Å². The number of rotatable bonds is 7. The largest absolute Gasteiger partial charge is 0.383 e. The van der Waals surface area contributed by atoms with Gasteiger partial charge in [0.1, 0.15) is 0 Å². The molecule has 0 N–H and O–H groups in total. The van der Waals surface area contributed by atoms with Crippen LogP contribution in [-0.2, 0) is 14.5 Å². The average Bonchev–Trinajstić information content (AvgIpc) is 2.56. The van der Waals surface area contributed by atoms with Crippen molar-refractivity contribution < 1.29 is 8.95 Å². The molecule has 0 aliphatic rings. The maximum absolute atomic E-state index is 13.4. The minimum absolute atomic E-state index is 0.426. The summed E-state index contributed by atoms with van der Waals surface area (Å²) in [7, 11) is -0.857. The second-order valence-corrected chi connectivity index (χ2v) is 7.64. The van der Waals surface area contributed by atoms with Crippen molar-refractivity contribution in [2.24, 2.45) is 4.36 Å². The van der Waals surface area contributed by atoms with E-state index >= 15 is 0 Å². The molecule has 4 heteroatoms. The van der Waals surface area contributed by atoms with Crippen molar-refractivity contribution in [3.8, 4) is 0 Å². The van der Waals surface area contributed by atoms with Gasteiger partial charge in [0.25, 0.3) is 0 Å². The van der Waals surface area contributed by atoms with Gasteiger partial charge >= 0.3 is 0 Å². The lowest BCUT2D eigenvalue weighted by atomic mass is 10.1. The molecule has 122 valence electrons. The van der Waals surface area contributed by atoms with Gasteiger partial charge in [-0.05, 0) is 24.6 Å². The number of hydrogen-bond donors (Lipinski definition) is 0. The van der Waals surface area contributed by atoms with Crippen LogP contribution in [0.4, 0.5) is 0 Å². The molecule has 0 heterocycles. The van der Waals surface area contributed by atoms with Crippen molar-refractivity contribution >= 4 is 15.8 Å². The average molecular weight is 329 g/mol. The Labute approximate surface area is 139 Å². The van der Waals surface area contributed by atoms with Crippen LogP contribution in [0.5, 0.6) is 0 Å². The number of ether oxygens (including phenoxy) is 1. The Hall–Kier alpha value is -1.91. The quantitative estimate of drug-likeness (QED) is 0.712. The molecular formula is C19H23NO2S. The van der Waals surface area contributed by atoms with Crippen molar-refractivity contribution in [3.63, 3.8) is 0 Å². The van der Waals surface area contributed by atoms with Gasteiger partial charge in [-0.25, -0.2) is 8.57 Å². The molecule has 0 bridgehead atoms. The van der Waals surface area contributed by atoms with Gasteiger partial charge in [0.05, 0.1) is 28.6 Å². The lowest BCUT2D eigenvalue weighted by molar-refractivity contribution is 0.208. The summed E-state index contributed by atoms with van der Waals surface area (Å²) in [4.78, 5) is 0.775. The van der Waals surface area contributed by atoms with Gasteiger partial charge < -0.3 is 4.74 Å². The van der Waals surface area contributed by atoms with Gasteiger partial charge in [-0.2, -0.15) is 0 Å². The lowest BCUT2D eigenvalue weighted by Crippen LogP contribution is -2.10. The highest BCUT2D eigenvalue weighted by Gasteiger charge is 2.13. The normalized spacial score (nSPS) is 14.3. The second kappa shape index (κ2) is 8.65. The summed E-state index contributed by atoms with van der Waals surface area (Å²) in [6.07, 6.45) is 2.06. The van der Waals surface area contributed by atoms with E-state index in [1.165, 1.54) is 0 Å². The van der Waals surface area contributed by atoms with Crippen LogP contribution < -0.4 is 0 Å². The predicted molar refractivity (Wildman–Crippen MR) is 97.0 cm³/mol. The minimum atomic E-state index is -2.48. The summed E-state index contributed by atoms with van der Waals surface area (Å²) < 4.78 is 22.9. The molecular weight excluding hydrogens is 306 g/mol. The van der Waals surface area contributed by atoms with Gasteiger partial charge in [0, 0.05) is 12.0 Å². The fourth-order valence-electron chi connectivity index (χ4n) is 2.30.